The standard InChI is InChI=1S/C10H16N2S/c1-3-8-4-9(8)12-7(2)10-5-13-6-11-10/h5-9,12H,3-4H2,1-2H3. The number of rotatable bonds is 4. The molecule has 1 aliphatic rings. The second-order valence-corrected chi connectivity index (χ2v) is 4.53. The minimum absolute atomic E-state index is 0.424. The molecule has 13 heavy (non-hydrogen) atoms. The second-order valence-electron chi connectivity index (χ2n) is 3.81. The molecule has 0 spiro atoms. The summed E-state index contributed by atoms with van der Waals surface area (Å²) in [5.41, 5.74) is 3.09. The second kappa shape index (κ2) is 3.76. The zero-order chi connectivity index (χ0) is 9.26. The van der Waals surface area contributed by atoms with E-state index in [-0.39, 0.29) is 0 Å². The first kappa shape index (κ1) is 9.16. The van der Waals surface area contributed by atoms with Gasteiger partial charge in [0, 0.05) is 17.5 Å². The third-order valence-electron chi connectivity index (χ3n) is 2.81. The van der Waals surface area contributed by atoms with E-state index >= 15 is 0 Å². The lowest BCUT2D eigenvalue weighted by molar-refractivity contribution is 0.531. The number of thiazole rings is 1. The summed E-state index contributed by atoms with van der Waals surface area (Å²) < 4.78 is 0. The molecule has 1 N–H and O–H groups in total. The molecular formula is C10H16N2S. The fourth-order valence-electron chi connectivity index (χ4n) is 1.75. The molecule has 0 aromatic carbocycles. The van der Waals surface area contributed by atoms with Crippen LogP contribution in [0.5, 0.6) is 0 Å². The van der Waals surface area contributed by atoms with E-state index in [4.69, 9.17) is 0 Å². The SMILES string of the molecule is CCC1CC1NC(C)c1cscn1. The van der Waals surface area contributed by atoms with E-state index in [1.165, 1.54) is 18.5 Å². The molecule has 1 saturated carbocycles. The Bertz CT molecular complexity index is 258. The van der Waals surface area contributed by atoms with E-state index in [1.54, 1.807) is 11.3 Å². The van der Waals surface area contributed by atoms with Crippen molar-refractivity contribution in [3.8, 4) is 0 Å². The van der Waals surface area contributed by atoms with Crippen LogP contribution < -0.4 is 5.32 Å². The molecule has 3 unspecified atom stereocenters. The Morgan fingerprint density at radius 1 is 1.77 bits per heavy atom. The van der Waals surface area contributed by atoms with Gasteiger partial charge in [-0.3, -0.25) is 0 Å². The zero-order valence-electron chi connectivity index (χ0n) is 8.16. The Balaban J connectivity index is 1.83. The van der Waals surface area contributed by atoms with Gasteiger partial charge in [0.25, 0.3) is 0 Å². The first-order valence-electron chi connectivity index (χ1n) is 4.95. The summed E-state index contributed by atoms with van der Waals surface area (Å²) in [7, 11) is 0. The van der Waals surface area contributed by atoms with Crippen LogP contribution in [0.2, 0.25) is 0 Å². The Morgan fingerprint density at radius 3 is 3.15 bits per heavy atom. The third-order valence-corrected chi connectivity index (χ3v) is 3.41. The van der Waals surface area contributed by atoms with Crippen molar-refractivity contribution in [2.45, 2.75) is 38.8 Å². The van der Waals surface area contributed by atoms with Gasteiger partial charge in [-0.1, -0.05) is 13.3 Å². The van der Waals surface area contributed by atoms with E-state index < -0.39 is 0 Å². The highest BCUT2D eigenvalue weighted by Gasteiger charge is 2.36. The molecule has 1 aromatic rings. The molecule has 3 atom stereocenters. The predicted molar refractivity (Wildman–Crippen MR) is 55.9 cm³/mol. The first-order chi connectivity index (χ1) is 6.31. The summed E-state index contributed by atoms with van der Waals surface area (Å²) in [5, 5.41) is 5.73. The molecule has 0 radical (unpaired) electrons. The van der Waals surface area contributed by atoms with Gasteiger partial charge in [0.2, 0.25) is 0 Å². The molecule has 72 valence electrons. The summed E-state index contributed by atoms with van der Waals surface area (Å²) in [5.74, 6) is 0.918. The molecule has 3 heteroatoms. The topological polar surface area (TPSA) is 24.9 Å². The van der Waals surface area contributed by atoms with Crippen LogP contribution in [0.15, 0.2) is 10.9 Å². The van der Waals surface area contributed by atoms with Gasteiger partial charge in [0.15, 0.2) is 0 Å². The van der Waals surface area contributed by atoms with E-state index in [9.17, 15) is 0 Å². The lowest BCUT2D eigenvalue weighted by Gasteiger charge is -2.10. The van der Waals surface area contributed by atoms with Crippen molar-refractivity contribution in [2.24, 2.45) is 5.92 Å². The van der Waals surface area contributed by atoms with Crippen LogP contribution in [0.4, 0.5) is 0 Å². The third kappa shape index (κ3) is 2.09. The van der Waals surface area contributed by atoms with Crippen molar-refractivity contribution in [1.82, 2.24) is 10.3 Å². The maximum Gasteiger partial charge on any atom is 0.0795 e. The first-order valence-corrected chi connectivity index (χ1v) is 5.89. The van der Waals surface area contributed by atoms with E-state index in [0.29, 0.717) is 6.04 Å². The van der Waals surface area contributed by atoms with Crippen molar-refractivity contribution < 1.29 is 0 Å². The molecule has 0 saturated heterocycles. The highest BCUT2D eigenvalue weighted by Crippen LogP contribution is 2.34. The summed E-state index contributed by atoms with van der Waals surface area (Å²) in [6.07, 6.45) is 2.66. The lowest BCUT2D eigenvalue weighted by atomic mass is 10.2. The van der Waals surface area contributed by atoms with Gasteiger partial charge < -0.3 is 5.32 Å². The van der Waals surface area contributed by atoms with Crippen LogP contribution in [0.3, 0.4) is 0 Å². The van der Waals surface area contributed by atoms with Crippen LogP contribution in [-0.4, -0.2) is 11.0 Å². The van der Waals surface area contributed by atoms with Crippen LogP contribution in [0, 0.1) is 5.92 Å². The highest BCUT2D eigenvalue weighted by molar-refractivity contribution is 7.07. The number of nitrogens with zero attached hydrogens (tertiary/aromatic N) is 1. The average Bonchev–Trinajstić information content (AvgIpc) is 2.68. The zero-order valence-corrected chi connectivity index (χ0v) is 8.97. The molecule has 0 amide bonds. The van der Waals surface area contributed by atoms with Gasteiger partial charge in [-0.25, -0.2) is 4.98 Å². The van der Waals surface area contributed by atoms with Crippen LogP contribution >= 0.6 is 11.3 Å². The number of aromatic nitrogens is 1. The van der Waals surface area contributed by atoms with Gasteiger partial charge >= 0.3 is 0 Å². The van der Waals surface area contributed by atoms with Crippen molar-refractivity contribution in [1.29, 1.82) is 0 Å². The van der Waals surface area contributed by atoms with Crippen LogP contribution in [0.1, 0.15) is 38.4 Å². The molecule has 2 nitrogen and oxygen atoms in total. The quantitative estimate of drug-likeness (QED) is 0.800. The fourth-order valence-corrected chi connectivity index (χ4v) is 2.39. The average molecular weight is 196 g/mol. The number of nitrogens with one attached hydrogen (secondary N) is 1. The normalized spacial score (nSPS) is 28.8. The van der Waals surface area contributed by atoms with Crippen molar-refractivity contribution in [3.05, 3.63) is 16.6 Å². The van der Waals surface area contributed by atoms with Crippen molar-refractivity contribution in [2.75, 3.05) is 0 Å². The Labute approximate surface area is 83.4 Å². The summed E-state index contributed by atoms with van der Waals surface area (Å²) in [6, 6.07) is 1.18. The number of hydrogen-bond donors (Lipinski definition) is 1. The Kier molecular flexibility index (Phi) is 2.65. The molecule has 1 aliphatic carbocycles. The van der Waals surface area contributed by atoms with Gasteiger partial charge in [0.1, 0.15) is 0 Å². The van der Waals surface area contributed by atoms with Crippen molar-refractivity contribution in [3.63, 3.8) is 0 Å². The van der Waals surface area contributed by atoms with Crippen molar-refractivity contribution >= 4 is 11.3 Å². The molecule has 0 bridgehead atoms. The van der Waals surface area contributed by atoms with Crippen LogP contribution in [0.25, 0.3) is 0 Å². The van der Waals surface area contributed by atoms with Gasteiger partial charge in [-0.2, -0.15) is 0 Å². The van der Waals surface area contributed by atoms with Gasteiger partial charge in [0.05, 0.1) is 11.2 Å². The van der Waals surface area contributed by atoms with Gasteiger partial charge in [-0.05, 0) is 19.3 Å². The molecule has 1 heterocycles. The van der Waals surface area contributed by atoms with Gasteiger partial charge in [-0.15, -0.1) is 11.3 Å². The fraction of sp³-hybridized carbons (Fsp3) is 0.700. The molecule has 2 rings (SSSR count). The Hall–Kier alpha value is -0.410. The molecule has 1 aromatic heterocycles. The predicted octanol–water partition coefficient (Wildman–Crippen LogP) is 2.59. The lowest BCUT2D eigenvalue weighted by Crippen LogP contribution is -2.22. The van der Waals surface area contributed by atoms with E-state index in [1.807, 2.05) is 5.51 Å². The maximum absolute atomic E-state index is 4.30. The number of hydrogen-bond acceptors (Lipinski definition) is 3. The minimum atomic E-state index is 0.424. The summed E-state index contributed by atoms with van der Waals surface area (Å²) in [4.78, 5) is 4.30. The molecule has 0 aliphatic heterocycles. The highest BCUT2D eigenvalue weighted by atomic mass is 32.1. The van der Waals surface area contributed by atoms with E-state index in [2.05, 4.69) is 29.5 Å². The molecule has 1 fully saturated rings. The smallest absolute Gasteiger partial charge is 0.0795 e. The molecular weight excluding hydrogens is 180 g/mol. The van der Waals surface area contributed by atoms with Crippen LogP contribution in [-0.2, 0) is 0 Å². The maximum atomic E-state index is 4.30. The monoisotopic (exact) mass is 196 g/mol. The summed E-state index contributed by atoms with van der Waals surface area (Å²) in [6.45, 7) is 4.46. The largest absolute Gasteiger partial charge is 0.306 e. The Morgan fingerprint density at radius 2 is 2.62 bits per heavy atom. The van der Waals surface area contributed by atoms with E-state index in [0.717, 1.165) is 12.0 Å². The summed E-state index contributed by atoms with van der Waals surface area (Å²) >= 11 is 1.67. The minimum Gasteiger partial charge on any atom is -0.306 e.